The molecule has 0 saturated carbocycles. The number of sulfonamides is 1. The van der Waals surface area contributed by atoms with Crippen LogP contribution >= 0.6 is 11.6 Å². The summed E-state index contributed by atoms with van der Waals surface area (Å²) in [5.74, 6) is 0.357. The highest BCUT2D eigenvalue weighted by Crippen LogP contribution is 2.33. The fraction of sp³-hybridized carbons (Fsp3) is 0.278. The highest BCUT2D eigenvalue weighted by molar-refractivity contribution is 7.93. The van der Waals surface area contributed by atoms with E-state index in [-0.39, 0.29) is 18.1 Å². The van der Waals surface area contributed by atoms with Gasteiger partial charge in [0.1, 0.15) is 5.75 Å². The summed E-state index contributed by atoms with van der Waals surface area (Å²) in [6.07, 6.45) is 0.798. The number of hydrogen-bond acceptors (Lipinski definition) is 4. The molecule has 0 unspecified atom stereocenters. The molecule has 0 aromatic heterocycles. The molecule has 0 radical (unpaired) electrons. The number of nitrogens with one attached hydrogen (secondary N) is 1. The molecule has 138 valence electrons. The first kappa shape index (κ1) is 18.5. The number of ether oxygens (including phenoxy) is 1. The van der Waals surface area contributed by atoms with Gasteiger partial charge in [0.2, 0.25) is 15.9 Å². The second kappa shape index (κ2) is 7.55. The van der Waals surface area contributed by atoms with Crippen LogP contribution in [0.3, 0.4) is 0 Å². The Hall–Kier alpha value is -2.25. The summed E-state index contributed by atoms with van der Waals surface area (Å²) in [7, 11) is -1.79. The number of amides is 1. The third-order valence-electron chi connectivity index (χ3n) is 4.12. The van der Waals surface area contributed by atoms with E-state index in [1.54, 1.807) is 42.5 Å². The minimum atomic E-state index is -3.27. The maximum Gasteiger partial charge on any atom is 0.235 e. The number of anilines is 2. The Morgan fingerprint density at radius 3 is 2.58 bits per heavy atom. The summed E-state index contributed by atoms with van der Waals surface area (Å²) < 4.78 is 30.8. The van der Waals surface area contributed by atoms with Crippen LogP contribution in [0.4, 0.5) is 11.4 Å². The van der Waals surface area contributed by atoms with Gasteiger partial charge in [-0.15, -0.1) is 0 Å². The summed E-state index contributed by atoms with van der Waals surface area (Å²) in [4.78, 5) is 12.3. The van der Waals surface area contributed by atoms with Gasteiger partial charge in [-0.05, 0) is 36.2 Å². The van der Waals surface area contributed by atoms with Crippen molar-refractivity contribution in [2.45, 2.75) is 12.8 Å². The van der Waals surface area contributed by atoms with Crippen LogP contribution in [-0.2, 0) is 21.2 Å². The highest BCUT2D eigenvalue weighted by Gasteiger charge is 2.29. The van der Waals surface area contributed by atoms with E-state index in [9.17, 15) is 13.2 Å². The highest BCUT2D eigenvalue weighted by atomic mass is 35.5. The molecule has 1 N–H and O–H groups in total. The minimum Gasteiger partial charge on any atom is -0.494 e. The van der Waals surface area contributed by atoms with Crippen LogP contribution in [0, 0.1) is 0 Å². The molecule has 1 amide bonds. The second-order valence-corrected chi connectivity index (χ2v) is 8.43. The van der Waals surface area contributed by atoms with Crippen LogP contribution in [0.5, 0.6) is 5.75 Å². The maximum atomic E-state index is 12.3. The first-order chi connectivity index (χ1) is 12.4. The maximum absolute atomic E-state index is 12.3. The molecule has 6 nitrogen and oxygen atoms in total. The lowest BCUT2D eigenvalue weighted by Gasteiger charge is -2.19. The predicted molar refractivity (Wildman–Crippen MR) is 103 cm³/mol. The SMILES string of the molecule is COc1cc(N2CCCS2(=O)=O)ccc1NC(=O)Cc1ccc(Cl)cc1. The monoisotopic (exact) mass is 394 g/mol. The number of carbonyl (C=O) groups excluding carboxylic acids is 1. The lowest BCUT2D eigenvalue weighted by Crippen LogP contribution is -2.25. The quantitative estimate of drug-likeness (QED) is 0.845. The van der Waals surface area contributed by atoms with E-state index in [1.807, 2.05) is 0 Å². The van der Waals surface area contributed by atoms with Gasteiger partial charge in [-0.3, -0.25) is 9.10 Å². The largest absolute Gasteiger partial charge is 0.494 e. The molecule has 0 atom stereocenters. The van der Waals surface area contributed by atoms with E-state index < -0.39 is 10.0 Å². The number of methoxy groups -OCH3 is 1. The molecule has 0 aliphatic carbocycles. The number of halogens is 1. The van der Waals surface area contributed by atoms with Crippen LogP contribution in [0.15, 0.2) is 42.5 Å². The van der Waals surface area contributed by atoms with Gasteiger partial charge in [0.15, 0.2) is 0 Å². The van der Waals surface area contributed by atoms with Gasteiger partial charge < -0.3 is 10.1 Å². The summed E-state index contributed by atoms with van der Waals surface area (Å²) in [6.45, 7) is 0.452. The van der Waals surface area contributed by atoms with Crippen molar-refractivity contribution in [3.63, 3.8) is 0 Å². The Kier molecular flexibility index (Phi) is 5.38. The lowest BCUT2D eigenvalue weighted by atomic mass is 10.1. The van der Waals surface area contributed by atoms with Crippen molar-refractivity contribution in [1.82, 2.24) is 0 Å². The van der Waals surface area contributed by atoms with E-state index in [0.29, 0.717) is 35.1 Å². The van der Waals surface area contributed by atoms with Crippen molar-refractivity contribution in [1.29, 1.82) is 0 Å². The Morgan fingerprint density at radius 2 is 1.96 bits per heavy atom. The zero-order chi connectivity index (χ0) is 18.7. The van der Waals surface area contributed by atoms with E-state index in [0.717, 1.165) is 5.56 Å². The predicted octanol–water partition coefficient (Wildman–Crippen LogP) is 3.07. The van der Waals surface area contributed by atoms with Gasteiger partial charge in [-0.25, -0.2) is 8.42 Å². The second-order valence-electron chi connectivity index (χ2n) is 5.98. The molecular weight excluding hydrogens is 376 g/mol. The zero-order valence-corrected chi connectivity index (χ0v) is 15.8. The van der Waals surface area contributed by atoms with Gasteiger partial charge in [0.05, 0.1) is 30.7 Å². The van der Waals surface area contributed by atoms with Gasteiger partial charge >= 0.3 is 0 Å². The van der Waals surface area contributed by atoms with Crippen molar-refractivity contribution >= 4 is 38.9 Å². The molecule has 2 aromatic carbocycles. The number of hydrogen-bond donors (Lipinski definition) is 1. The molecule has 0 bridgehead atoms. The molecule has 26 heavy (non-hydrogen) atoms. The number of rotatable bonds is 5. The zero-order valence-electron chi connectivity index (χ0n) is 14.2. The molecule has 1 aliphatic heterocycles. The van der Waals surface area contributed by atoms with Gasteiger partial charge in [0, 0.05) is 17.6 Å². The smallest absolute Gasteiger partial charge is 0.235 e. The van der Waals surface area contributed by atoms with Gasteiger partial charge in [-0.1, -0.05) is 23.7 Å². The molecule has 1 aliphatic rings. The van der Waals surface area contributed by atoms with Gasteiger partial charge in [-0.2, -0.15) is 0 Å². The van der Waals surface area contributed by atoms with E-state index in [2.05, 4.69) is 5.32 Å². The molecular formula is C18H19ClN2O4S. The van der Waals surface area contributed by atoms with Crippen molar-refractivity contribution in [3.8, 4) is 5.75 Å². The standard InChI is InChI=1S/C18H19ClN2O4S/c1-25-17-12-15(21-9-2-10-26(21,23)24)7-8-16(17)20-18(22)11-13-3-5-14(19)6-4-13/h3-8,12H,2,9-11H2,1H3,(H,20,22). The van der Waals surface area contributed by atoms with Crippen LogP contribution in [-0.4, -0.2) is 33.7 Å². The summed E-state index contributed by atoms with van der Waals surface area (Å²) in [5.41, 5.74) is 1.87. The van der Waals surface area contributed by atoms with E-state index >= 15 is 0 Å². The summed E-state index contributed by atoms with van der Waals surface area (Å²) in [5, 5.41) is 3.41. The first-order valence-electron chi connectivity index (χ1n) is 8.12. The lowest BCUT2D eigenvalue weighted by molar-refractivity contribution is -0.115. The number of benzene rings is 2. The fourth-order valence-corrected chi connectivity index (χ4v) is 4.53. The van der Waals surface area contributed by atoms with E-state index in [1.165, 1.54) is 11.4 Å². The molecule has 2 aromatic rings. The average molecular weight is 395 g/mol. The number of carbonyl (C=O) groups is 1. The normalized spacial score (nSPS) is 15.7. The molecule has 1 saturated heterocycles. The molecule has 8 heteroatoms. The average Bonchev–Trinajstić information content (AvgIpc) is 2.96. The van der Waals surface area contributed by atoms with E-state index in [4.69, 9.17) is 16.3 Å². The van der Waals surface area contributed by atoms with Gasteiger partial charge in [0.25, 0.3) is 0 Å². The van der Waals surface area contributed by atoms with Crippen LogP contribution < -0.4 is 14.4 Å². The van der Waals surface area contributed by atoms with Crippen LogP contribution in [0.25, 0.3) is 0 Å². The van der Waals surface area contributed by atoms with Crippen molar-refractivity contribution in [2.75, 3.05) is 29.0 Å². The topological polar surface area (TPSA) is 75.7 Å². The minimum absolute atomic E-state index is 0.148. The van der Waals surface area contributed by atoms with Crippen molar-refractivity contribution in [2.24, 2.45) is 0 Å². The van der Waals surface area contributed by atoms with Crippen LogP contribution in [0.1, 0.15) is 12.0 Å². The fourth-order valence-electron chi connectivity index (χ4n) is 2.85. The van der Waals surface area contributed by atoms with Crippen LogP contribution in [0.2, 0.25) is 5.02 Å². The Morgan fingerprint density at radius 1 is 1.23 bits per heavy atom. The third-order valence-corrected chi connectivity index (χ3v) is 6.25. The summed E-state index contributed by atoms with van der Waals surface area (Å²) in [6, 6.07) is 12.0. The molecule has 3 rings (SSSR count). The molecule has 0 spiro atoms. The molecule has 1 fully saturated rings. The van der Waals surface area contributed by atoms with Crippen molar-refractivity contribution in [3.05, 3.63) is 53.1 Å². The number of nitrogens with zero attached hydrogens (tertiary/aromatic N) is 1. The summed E-state index contributed by atoms with van der Waals surface area (Å²) >= 11 is 5.84. The Labute approximate surface area is 157 Å². The Balaban J connectivity index is 1.75. The first-order valence-corrected chi connectivity index (χ1v) is 10.1. The molecule has 1 heterocycles. The van der Waals surface area contributed by atoms with Crippen molar-refractivity contribution < 1.29 is 17.9 Å². The Bertz CT molecular complexity index is 913. The third kappa shape index (κ3) is 4.11.